The first-order chi connectivity index (χ1) is 6.59. The highest BCUT2D eigenvalue weighted by molar-refractivity contribution is 9.10. The number of pyridine rings is 1. The lowest BCUT2D eigenvalue weighted by atomic mass is 10.2. The maximum atomic E-state index is 11.4. The minimum absolute atomic E-state index is 0.0967. The van der Waals surface area contributed by atoms with Crippen molar-refractivity contribution in [2.75, 3.05) is 0 Å². The summed E-state index contributed by atoms with van der Waals surface area (Å²) in [6, 6.07) is 7.10. The molecule has 72 valence electrons. The van der Waals surface area contributed by atoms with E-state index in [1.54, 1.807) is 11.6 Å². The molecule has 0 aliphatic rings. The van der Waals surface area contributed by atoms with Gasteiger partial charge in [-0.1, -0.05) is 33.6 Å². The van der Waals surface area contributed by atoms with Crippen molar-refractivity contribution < 1.29 is 0 Å². The molecule has 2 nitrogen and oxygen atoms in total. The number of aromatic nitrogens is 1. The Labute approximate surface area is 94.2 Å². The molecule has 1 aromatic heterocycles. The van der Waals surface area contributed by atoms with Crippen molar-refractivity contribution in [3.63, 3.8) is 0 Å². The second-order valence-electron chi connectivity index (χ2n) is 3.05. The van der Waals surface area contributed by atoms with Crippen molar-refractivity contribution >= 4 is 38.4 Å². The molecule has 0 fully saturated rings. The van der Waals surface area contributed by atoms with E-state index in [1.165, 1.54) is 6.07 Å². The molecule has 0 N–H and O–H groups in total. The number of halogens is 2. The maximum absolute atomic E-state index is 11.4. The molecule has 14 heavy (non-hydrogen) atoms. The summed E-state index contributed by atoms with van der Waals surface area (Å²) in [4.78, 5) is 11.4. The van der Waals surface area contributed by atoms with Crippen LogP contribution in [0, 0.1) is 0 Å². The molecule has 1 heterocycles. The predicted molar refractivity (Wildman–Crippen MR) is 61.9 cm³/mol. The van der Waals surface area contributed by atoms with E-state index in [0.29, 0.717) is 5.02 Å². The monoisotopic (exact) mass is 271 g/mol. The predicted octanol–water partition coefficient (Wildman–Crippen LogP) is 2.95. The van der Waals surface area contributed by atoms with Gasteiger partial charge in [-0.15, -0.1) is 0 Å². The van der Waals surface area contributed by atoms with Gasteiger partial charge in [-0.2, -0.15) is 0 Å². The highest BCUT2D eigenvalue weighted by Gasteiger charge is 2.04. The third-order valence-corrected chi connectivity index (χ3v) is 2.97. The van der Waals surface area contributed by atoms with Crippen molar-refractivity contribution in [1.82, 2.24) is 4.57 Å². The van der Waals surface area contributed by atoms with Crippen molar-refractivity contribution in [2.45, 2.75) is 0 Å². The highest BCUT2D eigenvalue weighted by Crippen LogP contribution is 2.23. The minimum Gasteiger partial charge on any atom is -0.311 e. The summed E-state index contributed by atoms with van der Waals surface area (Å²) in [5.41, 5.74) is 0.734. The van der Waals surface area contributed by atoms with E-state index in [4.69, 9.17) is 11.6 Å². The van der Waals surface area contributed by atoms with E-state index in [-0.39, 0.29) is 5.56 Å². The fourth-order valence-electron chi connectivity index (χ4n) is 1.39. The zero-order valence-electron chi connectivity index (χ0n) is 7.42. The summed E-state index contributed by atoms with van der Waals surface area (Å²) in [6.07, 6.45) is 0. The first-order valence-electron chi connectivity index (χ1n) is 4.04. The summed E-state index contributed by atoms with van der Waals surface area (Å²) in [6.45, 7) is 0. The zero-order valence-corrected chi connectivity index (χ0v) is 9.76. The van der Waals surface area contributed by atoms with Crippen molar-refractivity contribution in [3.05, 3.63) is 44.1 Å². The van der Waals surface area contributed by atoms with Crippen LogP contribution in [0.2, 0.25) is 5.02 Å². The Morgan fingerprint density at radius 3 is 2.79 bits per heavy atom. The van der Waals surface area contributed by atoms with E-state index in [1.807, 2.05) is 18.2 Å². The summed E-state index contributed by atoms with van der Waals surface area (Å²) < 4.78 is 2.51. The molecule has 2 aromatic rings. The van der Waals surface area contributed by atoms with E-state index in [0.717, 1.165) is 15.4 Å². The Balaban J connectivity index is 3.03. The third-order valence-electron chi connectivity index (χ3n) is 2.16. The number of hydrogen-bond donors (Lipinski definition) is 0. The Kier molecular flexibility index (Phi) is 2.37. The van der Waals surface area contributed by atoms with Crippen molar-refractivity contribution in [1.29, 1.82) is 0 Å². The fourth-order valence-corrected chi connectivity index (χ4v) is 1.99. The van der Waals surface area contributed by atoms with Crippen LogP contribution < -0.4 is 5.56 Å². The van der Waals surface area contributed by atoms with Crippen molar-refractivity contribution in [3.8, 4) is 0 Å². The molecule has 0 saturated carbocycles. The lowest BCUT2D eigenvalue weighted by Crippen LogP contribution is -2.15. The Hall–Kier alpha value is -0.800. The second-order valence-corrected chi connectivity index (χ2v) is 4.37. The van der Waals surface area contributed by atoms with Crippen molar-refractivity contribution in [2.24, 2.45) is 7.05 Å². The average Bonchev–Trinajstić information content (AvgIpc) is 2.14. The SMILES string of the molecule is Cn1c(=O)cc(Cl)c2ccc(Br)cc21. The standard InChI is InChI=1S/C10H7BrClNO/c1-13-9-4-6(11)2-3-7(9)8(12)5-10(13)14/h2-5H,1H3. The van der Waals surface area contributed by atoms with Gasteiger partial charge in [0.15, 0.2) is 0 Å². The summed E-state index contributed by atoms with van der Waals surface area (Å²) in [5, 5.41) is 1.38. The fraction of sp³-hybridized carbons (Fsp3) is 0.100. The molecular weight excluding hydrogens is 265 g/mol. The number of aryl methyl sites for hydroxylation is 1. The van der Waals surface area contributed by atoms with Crippen LogP contribution in [0.25, 0.3) is 10.9 Å². The van der Waals surface area contributed by atoms with Crippen LogP contribution in [-0.4, -0.2) is 4.57 Å². The van der Waals surface area contributed by atoms with Crippen LogP contribution in [0.4, 0.5) is 0 Å². The topological polar surface area (TPSA) is 22.0 Å². The summed E-state index contributed by atoms with van der Waals surface area (Å²) in [5.74, 6) is 0. The lowest BCUT2D eigenvalue weighted by Gasteiger charge is -2.06. The number of benzene rings is 1. The molecule has 0 aliphatic carbocycles. The Bertz CT molecular complexity index is 562. The van der Waals surface area contributed by atoms with Gasteiger partial charge in [0.05, 0.1) is 10.5 Å². The van der Waals surface area contributed by atoms with Crippen LogP contribution in [0.5, 0.6) is 0 Å². The number of nitrogens with zero attached hydrogens (tertiary/aromatic N) is 1. The van der Waals surface area contributed by atoms with Gasteiger partial charge in [0.2, 0.25) is 0 Å². The molecule has 0 aliphatic heterocycles. The largest absolute Gasteiger partial charge is 0.311 e. The number of rotatable bonds is 0. The van der Waals surface area contributed by atoms with Gasteiger partial charge < -0.3 is 4.57 Å². The molecule has 0 saturated heterocycles. The first-order valence-corrected chi connectivity index (χ1v) is 5.21. The summed E-state index contributed by atoms with van der Waals surface area (Å²) in [7, 11) is 1.73. The van der Waals surface area contributed by atoms with Gasteiger partial charge in [0.25, 0.3) is 5.56 Å². The van der Waals surface area contributed by atoms with E-state index < -0.39 is 0 Å². The summed E-state index contributed by atoms with van der Waals surface area (Å²) >= 11 is 9.32. The van der Waals surface area contributed by atoms with Crippen LogP contribution in [0.1, 0.15) is 0 Å². The average molecular weight is 273 g/mol. The molecule has 2 rings (SSSR count). The molecular formula is C10H7BrClNO. The molecule has 0 spiro atoms. The van der Waals surface area contributed by atoms with Gasteiger partial charge in [-0.25, -0.2) is 0 Å². The highest BCUT2D eigenvalue weighted by atomic mass is 79.9. The van der Waals surface area contributed by atoms with Crippen LogP contribution in [0.3, 0.4) is 0 Å². The van der Waals surface area contributed by atoms with Gasteiger partial charge in [0.1, 0.15) is 0 Å². The Morgan fingerprint density at radius 1 is 1.36 bits per heavy atom. The number of hydrogen-bond acceptors (Lipinski definition) is 1. The van der Waals surface area contributed by atoms with E-state index >= 15 is 0 Å². The maximum Gasteiger partial charge on any atom is 0.252 e. The molecule has 1 aromatic carbocycles. The quantitative estimate of drug-likeness (QED) is 0.723. The smallest absolute Gasteiger partial charge is 0.252 e. The van der Waals surface area contributed by atoms with Gasteiger partial charge in [-0.05, 0) is 12.1 Å². The Morgan fingerprint density at radius 2 is 2.07 bits per heavy atom. The molecule has 4 heteroatoms. The molecule has 0 atom stereocenters. The first kappa shape index (κ1) is 9.74. The van der Waals surface area contributed by atoms with Crippen LogP contribution >= 0.6 is 27.5 Å². The van der Waals surface area contributed by atoms with Gasteiger partial charge in [-0.3, -0.25) is 4.79 Å². The minimum atomic E-state index is -0.0967. The zero-order chi connectivity index (χ0) is 10.3. The lowest BCUT2D eigenvalue weighted by molar-refractivity contribution is 0.906. The second kappa shape index (κ2) is 3.41. The normalized spacial score (nSPS) is 10.8. The third kappa shape index (κ3) is 1.47. The van der Waals surface area contributed by atoms with E-state index in [2.05, 4.69) is 15.9 Å². The van der Waals surface area contributed by atoms with Crippen LogP contribution in [-0.2, 0) is 7.05 Å². The van der Waals surface area contributed by atoms with E-state index in [9.17, 15) is 4.79 Å². The van der Waals surface area contributed by atoms with Gasteiger partial charge in [0, 0.05) is 23.0 Å². The molecule has 0 radical (unpaired) electrons. The number of fused-ring (bicyclic) bond motifs is 1. The van der Waals surface area contributed by atoms with Crippen LogP contribution in [0.15, 0.2) is 33.5 Å². The van der Waals surface area contributed by atoms with Gasteiger partial charge >= 0.3 is 0 Å². The molecule has 0 amide bonds. The molecule has 0 unspecified atom stereocenters. The molecule has 0 bridgehead atoms.